The van der Waals surface area contributed by atoms with Gasteiger partial charge in [0, 0.05) is 15.6 Å². The summed E-state index contributed by atoms with van der Waals surface area (Å²) in [6, 6.07) is 6.06. The lowest BCUT2D eigenvalue weighted by Crippen LogP contribution is -2.11. The zero-order valence-corrected chi connectivity index (χ0v) is 11.7. The molecular formula is C12H7BrClNO4. The second-order valence-corrected chi connectivity index (χ2v) is 4.87. The first-order chi connectivity index (χ1) is 8.97. The number of carboxylic acids is 1. The van der Waals surface area contributed by atoms with E-state index in [0.717, 1.165) is 12.3 Å². The van der Waals surface area contributed by atoms with E-state index in [0.29, 0.717) is 15.2 Å². The summed E-state index contributed by atoms with van der Waals surface area (Å²) < 4.78 is 5.54. The zero-order chi connectivity index (χ0) is 14.0. The quantitative estimate of drug-likeness (QED) is 0.891. The molecule has 7 heteroatoms. The van der Waals surface area contributed by atoms with Crippen LogP contribution < -0.4 is 5.32 Å². The van der Waals surface area contributed by atoms with Crippen molar-refractivity contribution in [1.82, 2.24) is 0 Å². The molecule has 1 amide bonds. The van der Waals surface area contributed by atoms with E-state index in [2.05, 4.69) is 21.2 Å². The van der Waals surface area contributed by atoms with Crippen molar-refractivity contribution in [1.29, 1.82) is 0 Å². The van der Waals surface area contributed by atoms with E-state index < -0.39 is 11.9 Å². The number of anilines is 1. The summed E-state index contributed by atoms with van der Waals surface area (Å²) in [5.74, 6) is -1.81. The average Bonchev–Trinajstić information content (AvgIpc) is 2.83. The van der Waals surface area contributed by atoms with Crippen molar-refractivity contribution < 1.29 is 19.1 Å². The van der Waals surface area contributed by atoms with E-state index in [1.165, 1.54) is 0 Å². The van der Waals surface area contributed by atoms with Gasteiger partial charge in [0.1, 0.15) is 6.26 Å². The topological polar surface area (TPSA) is 79.5 Å². The number of hydrogen-bond acceptors (Lipinski definition) is 3. The van der Waals surface area contributed by atoms with Gasteiger partial charge in [0.2, 0.25) is 0 Å². The Hall–Kier alpha value is -1.79. The summed E-state index contributed by atoms with van der Waals surface area (Å²) in [5.41, 5.74) is 0.376. The normalized spacial score (nSPS) is 10.2. The molecule has 0 fully saturated rings. The number of carbonyl (C=O) groups excluding carboxylic acids is 1. The molecule has 98 valence electrons. The molecule has 2 N–H and O–H groups in total. The molecule has 5 nitrogen and oxygen atoms in total. The molecule has 0 saturated carbocycles. The number of hydrogen-bond donors (Lipinski definition) is 2. The van der Waals surface area contributed by atoms with Gasteiger partial charge in [-0.3, -0.25) is 4.79 Å². The van der Waals surface area contributed by atoms with Crippen LogP contribution in [0.3, 0.4) is 0 Å². The van der Waals surface area contributed by atoms with Crippen LogP contribution in [0.1, 0.15) is 20.9 Å². The summed E-state index contributed by atoms with van der Waals surface area (Å²) in [6.07, 6.45) is 1.00. The van der Waals surface area contributed by atoms with E-state index >= 15 is 0 Å². The van der Waals surface area contributed by atoms with Gasteiger partial charge in [-0.2, -0.15) is 0 Å². The minimum atomic E-state index is -1.16. The van der Waals surface area contributed by atoms with Gasteiger partial charge in [-0.25, -0.2) is 4.79 Å². The summed E-state index contributed by atoms with van der Waals surface area (Å²) >= 11 is 9.08. The van der Waals surface area contributed by atoms with Crippen molar-refractivity contribution in [2.45, 2.75) is 0 Å². The Labute approximate surface area is 121 Å². The van der Waals surface area contributed by atoms with Crippen LogP contribution in [0.2, 0.25) is 5.02 Å². The highest BCUT2D eigenvalue weighted by Crippen LogP contribution is 2.26. The monoisotopic (exact) mass is 343 g/mol. The third-order valence-corrected chi connectivity index (χ3v) is 3.17. The number of aromatic carboxylic acids is 1. The number of halogens is 2. The van der Waals surface area contributed by atoms with Crippen LogP contribution in [0.15, 0.2) is 39.4 Å². The van der Waals surface area contributed by atoms with Crippen molar-refractivity contribution in [3.63, 3.8) is 0 Å². The smallest absolute Gasteiger partial charge is 0.338 e. The molecule has 1 heterocycles. The molecule has 0 saturated heterocycles. The molecule has 0 aliphatic heterocycles. The van der Waals surface area contributed by atoms with Crippen molar-refractivity contribution in [3.8, 4) is 0 Å². The minimum Gasteiger partial charge on any atom is -0.478 e. The largest absolute Gasteiger partial charge is 0.478 e. The van der Waals surface area contributed by atoms with Crippen LogP contribution in [0.25, 0.3) is 0 Å². The number of benzene rings is 1. The second kappa shape index (κ2) is 5.46. The number of carbonyl (C=O) groups is 2. The molecule has 0 spiro atoms. The first kappa shape index (κ1) is 13.6. The maximum absolute atomic E-state index is 11.9. The number of carboxylic acid groups (broad SMARTS) is 1. The highest BCUT2D eigenvalue weighted by atomic mass is 79.9. The Morgan fingerprint density at radius 3 is 2.68 bits per heavy atom. The molecule has 0 aliphatic carbocycles. The fourth-order valence-electron chi connectivity index (χ4n) is 1.34. The average molecular weight is 345 g/mol. The fourth-order valence-corrected chi connectivity index (χ4v) is 1.86. The standard InChI is InChI=1S/C12H7BrClNO4/c13-8-2-1-7(14)4-9(8)15-11(16)10-3-6(5-19-10)12(17)18/h1-5H,(H,15,16)(H,17,18). The van der Waals surface area contributed by atoms with Crippen molar-refractivity contribution in [2.24, 2.45) is 0 Å². The minimum absolute atomic E-state index is 0.0877. The summed E-state index contributed by atoms with van der Waals surface area (Å²) in [7, 11) is 0. The fraction of sp³-hybridized carbons (Fsp3) is 0. The molecular weight excluding hydrogens is 337 g/mol. The molecule has 19 heavy (non-hydrogen) atoms. The Morgan fingerprint density at radius 2 is 2.05 bits per heavy atom. The van der Waals surface area contributed by atoms with Gasteiger partial charge >= 0.3 is 5.97 Å². The lowest BCUT2D eigenvalue weighted by atomic mass is 10.3. The number of furan rings is 1. The van der Waals surface area contributed by atoms with Crippen LogP contribution in [0.5, 0.6) is 0 Å². The summed E-state index contributed by atoms with van der Waals surface area (Å²) in [4.78, 5) is 22.5. The van der Waals surface area contributed by atoms with E-state index in [1.54, 1.807) is 18.2 Å². The van der Waals surface area contributed by atoms with E-state index in [4.69, 9.17) is 21.1 Å². The molecule has 0 atom stereocenters. The van der Waals surface area contributed by atoms with Gasteiger partial charge in [0.05, 0.1) is 11.3 Å². The Bertz CT molecular complexity index is 653. The molecule has 2 rings (SSSR count). The van der Waals surface area contributed by atoms with Crippen molar-refractivity contribution >= 4 is 45.1 Å². The Kier molecular flexibility index (Phi) is 3.92. The van der Waals surface area contributed by atoms with E-state index in [1.807, 2.05) is 0 Å². The van der Waals surface area contributed by atoms with Gasteiger partial charge < -0.3 is 14.8 Å². The summed E-state index contributed by atoms with van der Waals surface area (Å²) in [5, 5.41) is 11.8. The van der Waals surface area contributed by atoms with Gasteiger partial charge in [0.15, 0.2) is 5.76 Å². The number of nitrogens with one attached hydrogen (secondary N) is 1. The van der Waals surface area contributed by atoms with Gasteiger partial charge in [-0.05, 0) is 34.1 Å². The van der Waals surface area contributed by atoms with Crippen LogP contribution in [0, 0.1) is 0 Å². The Balaban J connectivity index is 2.20. The van der Waals surface area contributed by atoms with Crippen molar-refractivity contribution in [2.75, 3.05) is 5.32 Å². The van der Waals surface area contributed by atoms with E-state index in [-0.39, 0.29) is 11.3 Å². The predicted octanol–water partition coefficient (Wildman–Crippen LogP) is 3.65. The first-order valence-corrected chi connectivity index (χ1v) is 6.22. The lowest BCUT2D eigenvalue weighted by molar-refractivity contribution is 0.0696. The maximum Gasteiger partial charge on any atom is 0.338 e. The van der Waals surface area contributed by atoms with Gasteiger partial charge in [-0.1, -0.05) is 11.6 Å². The second-order valence-electron chi connectivity index (χ2n) is 3.58. The van der Waals surface area contributed by atoms with E-state index in [9.17, 15) is 9.59 Å². The molecule has 0 unspecified atom stereocenters. The first-order valence-electron chi connectivity index (χ1n) is 5.05. The number of amides is 1. The van der Waals surface area contributed by atoms with Crippen LogP contribution in [0.4, 0.5) is 5.69 Å². The van der Waals surface area contributed by atoms with Gasteiger partial charge in [0.25, 0.3) is 5.91 Å². The van der Waals surface area contributed by atoms with Crippen LogP contribution >= 0.6 is 27.5 Å². The molecule has 1 aromatic carbocycles. The van der Waals surface area contributed by atoms with Crippen LogP contribution in [-0.4, -0.2) is 17.0 Å². The third-order valence-electron chi connectivity index (χ3n) is 2.25. The van der Waals surface area contributed by atoms with Gasteiger partial charge in [-0.15, -0.1) is 0 Å². The maximum atomic E-state index is 11.9. The highest BCUT2D eigenvalue weighted by Gasteiger charge is 2.15. The number of rotatable bonds is 3. The molecule has 0 aliphatic rings. The lowest BCUT2D eigenvalue weighted by Gasteiger charge is -2.05. The third kappa shape index (κ3) is 3.15. The molecule has 1 aromatic heterocycles. The van der Waals surface area contributed by atoms with Crippen molar-refractivity contribution in [3.05, 3.63) is 51.3 Å². The SMILES string of the molecule is O=C(O)c1coc(C(=O)Nc2cc(Cl)ccc2Br)c1. The van der Waals surface area contributed by atoms with Crippen LogP contribution in [-0.2, 0) is 0 Å². The Morgan fingerprint density at radius 1 is 1.32 bits per heavy atom. The summed E-state index contributed by atoms with van der Waals surface area (Å²) in [6.45, 7) is 0. The highest BCUT2D eigenvalue weighted by molar-refractivity contribution is 9.10. The predicted molar refractivity (Wildman–Crippen MR) is 72.8 cm³/mol. The zero-order valence-electron chi connectivity index (χ0n) is 9.31. The molecule has 2 aromatic rings. The molecule has 0 bridgehead atoms. The molecule has 0 radical (unpaired) electrons.